The molecule has 272 valence electrons. The predicted molar refractivity (Wildman–Crippen MR) is 174 cm³/mol. The summed E-state index contributed by atoms with van der Waals surface area (Å²) in [6.45, 7) is 16.0. The molecule has 0 aromatic rings. The van der Waals surface area contributed by atoms with Crippen LogP contribution in [0.3, 0.4) is 0 Å². The van der Waals surface area contributed by atoms with Gasteiger partial charge in [-0.1, -0.05) is 37.1 Å². The van der Waals surface area contributed by atoms with Crippen molar-refractivity contribution < 1.29 is 58.4 Å². The molecule has 1 heterocycles. The van der Waals surface area contributed by atoms with Gasteiger partial charge in [-0.3, -0.25) is 9.59 Å². The van der Waals surface area contributed by atoms with Gasteiger partial charge >= 0.3 is 11.9 Å². The molecule has 13 atom stereocenters. The lowest BCUT2D eigenvalue weighted by molar-refractivity contribution is -0.320. The van der Waals surface area contributed by atoms with Gasteiger partial charge in [0.2, 0.25) is 0 Å². The zero-order valence-corrected chi connectivity index (χ0v) is 29.6. The Balaban J connectivity index is 1.82. The third kappa shape index (κ3) is 7.91. The van der Waals surface area contributed by atoms with Crippen LogP contribution in [0.1, 0.15) is 67.7 Å². The summed E-state index contributed by atoms with van der Waals surface area (Å²) < 4.78 is 35.1. The Morgan fingerprint density at radius 2 is 1.79 bits per heavy atom. The quantitative estimate of drug-likeness (QED) is 0.176. The standard InChI is InChI=1S/C36H56O12/c1-10-35(6,7)45-17-26-30(41)33(46-21(5)38)31(42)34(47-26)48-32-28-24(18(2)15-44-20(4)37)13-27(39)36(28,8)14-25-22(16-43-9)11-12-23(25)19(3)29(32)40/h10,14,18-19,22-23,26-27,29-34,39-42H,1,11-13,15-17H2,2-9H3/b25-14-/t18-,19-,22-,23+,26-,27+,29-,30-,31-,32-,33+,34-,36+/m1/s1. The van der Waals surface area contributed by atoms with Gasteiger partial charge in [-0.15, -0.1) is 6.58 Å². The highest BCUT2D eigenvalue weighted by molar-refractivity contribution is 5.66. The van der Waals surface area contributed by atoms with Crippen LogP contribution in [-0.2, 0) is 38.0 Å². The van der Waals surface area contributed by atoms with Crippen molar-refractivity contribution in [3.63, 3.8) is 0 Å². The average Bonchev–Trinajstić information content (AvgIpc) is 3.52. The van der Waals surface area contributed by atoms with E-state index in [9.17, 15) is 30.0 Å². The number of aliphatic hydroxyl groups excluding tert-OH is 4. The summed E-state index contributed by atoms with van der Waals surface area (Å²) in [5, 5.41) is 46.7. The predicted octanol–water partition coefficient (Wildman–Crippen LogP) is 2.61. The first-order valence-corrected chi connectivity index (χ1v) is 17.0. The SMILES string of the molecule is C=CC(C)(C)OC[C@H]1O[C@H](O[C@@H]2C3=C([C@H](C)COC(C)=O)C[C@H](O)[C@]3(C)/C=C3/[C@@H](COC)CC[C@H]3[C@@H](C)[C@H]2O)[C@H](O)[C@@H](OC(C)=O)[C@@H]1O. The van der Waals surface area contributed by atoms with E-state index in [1.54, 1.807) is 27.0 Å². The van der Waals surface area contributed by atoms with E-state index < -0.39 is 72.0 Å². The lowest BCUT2D eigenvalue weighted by atomic mass is 9.68. The van der Waals surface area contributed by atoms with Crippen LogP contribution < -0.4 is 0 Å². The molecule has 0 aromatic carbocycles. The maximum atomic E-state index is 12.3. The smallest absolute Gasteiger partial charge is 0.303 e. The lowest BCUT2D eigenvalue weighted by Crippen LogP contribution is -2.62. The number of hydrogen-bond donors (Lipinski definition) is 4. The molecule has 12 nitrogen and oxygen atoms in total. The molecule has 1 saturated heterocycles. The largest absolute Gasteiger partial charge is 0.465 e. The molecule has 4 rings (SSSR count). The maximum absolute atomic E-state index is 12.3. The summed E-state index contributed by atoms with van der Waals surface area (Å²) in [7, 11) is 1.66. The molecular weight excluding hydrogens is 624 g/mol. The first kappa shape index (κ1) is 38.6. The molecule has 0 bridgehead atoms. The summed E-state index contributed by atoms with van der Waals surface area (Å²) in [6.07, 6.45) is -4.54. The lowest BCUT2D eigenvalue weighted by Gasteiger charge is -2.47. The minimum atomic E-state index is -1.63. The van der Waals surface area contributed by atoms with E-state index in [1.165, 1.54) is 13.8 Å². The van der Waals surface area contributed by atoms with Crippen LogP contribution in [0.25, 0.3) is 0 Å². The number of fused-ring (bicyclic) bond motifs is 2. The molecule has 4 aliphatic rings. The molecule has 4 N–H and O–H groups in total. The number of esters is 2. The third-order valence-corrected chi connectivity index (χ3v) is 10.8. The molecular formula is C36H56O12. The normalized spacial score (nSPS) is 40.2. The van der Waals surface area contributed by atoms with Gasteiger partial charge in [0.1, 0.15) is 24.4 Å². The number of rotatable bonds is 12. The van der Waals surface area contributed by atoms with Gasteiger partial charge < -0.3 is 48.8 Å². The number of methoxy groups -OCH3 is 1. The van der Waals surface area contributed by atoms with Crippen LogP contribution in [0.2, 0.25) is 0 Å². The molecule has 0 unspecified atom stereocenters. The van der Waals surface area contributed by atoms with Crippen LogP contribution in [0.4, 0.5) is 0 Å². The summed E-state index contributed by atoms with van der Waals surface area (Å²) in [4.78, 5) is 23.8. The minimum Gasteiger partial charge on any atom is -0.465 e. The highest BCUT2D eigenvalue weighted by Gasteiger charge is 2.56. The first-order chi connectivity index (χ1) is 22.4. The minimum absolute atomic E-state index is 0.0190. The number of aliphatic hydroxyl groups is 4. The third-order valence-electron chi connectivity index (χ3n) is 10.8. The molecule has 0 aromatic heterocycles. The van der Waals surface area contributed by atoms with Crippen molar-refractivity contribution in [2.75, 3.05) is 26.9 Å². The van der Waals surface area contributed by atoms with Crippen molar-refractivity contribution in [2.24, 2.45) is 29.1 Å². The van der Waals surface area contributed by atoms with Crippen LogP contribution in [0.15, 0.2) is 35.5 Å². The first-order valence-electron chi connectivity index (χ1n) is 17.0. The van der Waals surface area contributed by atoms with Crippen LogP contribution in [0.5, 0.6) is 0 Å². The molecule has 0 amide bonds. The molecule has 3 aliphatic carbocycles. The Labute approximate surface area is 284 Å². The Bertz CT molecular complexity index is 1240. The second kappa shape index (κ2) is 15.4. The van der Waals surface area contributed by atoms with Gasteiger partial charge in [-0.2, -0.15) is 0 Å². The van der Waals surface area contributed by atoms with E-state index >= 15 is 0 Å². The number of carbonyl (C=O) groups is 2. The van der Waals surface area contributed by atoms with Crippen molar-refractivity contribution in [3.05, 3.63) is 35.5 Å². The van der Waals surface area contributed by atoms with E-state index in [-0.39, 0.29) is 43.3 Å². The maximum Gasteiger partial charge on any atom is 0.303 e. The van der Waals surface area contributed by atoms with Gasteiger partial charge in [0.05, 0.1) is 37.6 Å². The average molecular weight is 681 g/mol. The van der Waals surface area contributed by atoms with E-state index in [0.29, 0.717) is 12.2 Å². The Morgan fingerprint density at radius 3 is 2.40 bits per heavy atom. The zero-order valence-electron chi connectivity index (χ0n) is 29.6. The number of hydrogen-bond acceptors (Lipinski definition) is 12. The fourth-order valence-corrected chi connectivity index (χ4v) is 7.88. The van der Waals surface area contributed by atoms with Gasteiger partial charge in [-0.05, 0) is 57.4 Å². The highest BCUT2D eigenvalue weighted by atomic mass is 16.7. The van der Waals surface area contributed by atoms with Crippen LogP contribution in [0, 0.1) is 29.1 Å². The Morgan fingerprint density at radius 1 is 1.10 bits per heavy atom. The Hall–Kier alpha value is -2.16. The fourth-order valence-electron chi connectivity index (χ4n) is 7.88. The van der Waals surface area contributed by atoms with Crippen molar-refractivity contribution in [2.45, 2.75) is 122 Å². The monoisotopic (exact) mass is 680 g/mol. The second-order valence-corrected chi connectivity index (χ2v) is 14.7. The Kier molecular flexibility index (Phi) is 12.4. The topological polar surface area (TPSA) is 170 Å². The van der Waals surface area contributed by atoms with Crippen molar-refractivity contribution >= 4 is 11.9 Å². The van der Waals surface area contributed by atoms with Crippen LogP contribution >= 0.6 is 0 Å². The van der Waals surface area contributed by atoms with Crippen molar-refractivity contribution in [1.82, 2.24) is 0 Å². The van der Waals surface area contributed by atoms with Gasteiger partial charge in [0.15, 0.2) is 12.4 Å². The zero-order chi connectivity index (χ0) is 35.7. The fraction of sp³-hybridized carbons (Fsp3) is 0.778. The number of ether oxygens (including phenoxy) is 6. The van der Waals surface area contributed by atoms with Crippen molar-refractivity contribution in [1.29, 1.82) is 0 Å². The summed E-state index contributed by atoms with van der Waals surface area (Å²) in [5.74, 6) is -1.70. The molecule has 0 spiro atoms. The van der Waals surface area contributed by atoms with E-state index in [0.717, 1.165) is 24.0 Å². The molecule has 0 radical (unpaired) electrons. The van der Waals surface area contributed by atoms with Gasteiger partial charge in [-0.25, -0.2) is 0 Å². The van der Waals surface area contributed by atoms with Crippen molar-refractivity contribution in [3.8, 4) is 0 Å². The van der Waals surface area contributed by atoms with Gasteiger partial charge in [0, 0.05) is 38.2 Å². The highest BCUT2D eigenvalue weighted by Crippen LogP contribution is 2.56. The number of carbonyl (C=O) groups excluding carboxylic acids is 2. The summed E-state index contributed by atoms with van der Waals surface area (Å²) in [6, 6.07) is 0. The second-order valence-electron chi connectivity index (χ2n) is 14.7. The van der Waals surface area contributed by atoms with E-state index in [1.807, 2.05) is 20.8 Å². The summed E-state index contributed by atoms with van der Waals surface area (Å²) in [5.41, 5.74) is 0.746. The van der Waals surface area contributed by atoms with E-state index in [2.05, 4.69) is 12.7 Å². The molecule has 48 heavy (non-hydrogen) atoms. The molecule has 12 heteroatoms. The van der Waals surface area contributed by atoms with Gasteiger partial charge in [0.25, 0.3) is 0 Å². The molecule has 1 saturated carbocycles. The molecule has 2 fully saturated rings. The molecule has 1 aliphatic heterocycles. The summed E-state index contributed by atoms with van der Waals surface area (Å²) >= 11 is 0. The van der Waals surface area contributed by atoms with E-state index in [4.69, 9.17) is 28.4 Å². The van der Waals surface area contributed by atoms with Crippen LogP contribution in [-0.4, -0.2) is 114 Å².